The smallest absolute Gasteiger partial charge is 0.377 e. The highest BCUT2D eigenvalue weighted by atomic mass is 28.4. The third-order valence-corrected chi connectivity index (χ3v) is 4.94. The van der Waals surface area contributed by atoms with Crippen molar-refractivity contribution in [3.8, 4) is 0 Å². The second kappa shape index (κ2) is 8.17. The lowest BCUT2D eigenvalue weighted by Crippen LogP contribution is -2.45. The fraction of sp³-hybridized carbons (Fsp3) is 1.00. The molecule has 0 aromatic carbocycles. The lowest BCUT2D eigenvalue weighted by molar-refractivity contribution is 0.0949. The Kier molecular flexibility index (Phi) is 8.15. The van der Waals surface area contributed by atoms with Crippen LogP contribution in [0.25, 0.3) is 0 Å². The molecule has 0 fully saturated rings. The minimum atomic E-state index is -2.52. The first kappa shape index (κ1) is 15.0. The first-order valence-corrected chi connectivity index (χ1v) is 6.99. The van der Waals surface area contributed by atoms with E-state index in [0.717, 1.165) is 12.5 Å². The third kappa shape index (κ3) is 6.20. The molecule has 0 saturated carbocycles. The summed E-state index contributed by atoms with van der Waals surface area (Å²) in [5, 5.41) is 0. The molecule has 0 aliphatic heterocycles. The largest absolute Gasteiger partial charge is 0.500 e. The van der Waals surface area contributed by atoms with Gasteiger partial charge in [0.2, 0.25) is 0 Å². The van der Waals surface area contributed by atoms with Crippen molar-refractivity contribution in [1.29, 1.82) is 0 Å². The van der Waals surface area contributed by atoms with E-state index in [9.17, 15) is 0 Å². The standard InChI is InChI=1S/C8H23N3O3Si/c1-12-15(13-2,7-3-5-9)14-6-4-8(10)11/h8H,3-7,9-11H2,1-2H3. The summed E-state index contributed by atoms with van der Waals surface area (Å²) in [7, 11) is 0.661. The molecule has 0 amide bonds. The Morgan fingerprint density at radius 1 is 1.20 bits per heavy atom. The van der Waals surface area contributed by atoms with Crippen molar-refractivity contribution in [3.05, 3.63) is 0 Å². The number of nitrogens with two attached hydrogens (primary N) is 3. The molecule has 0 aliphatic carbocycles. The van der Waals surface area contributed by atoms with E-state index in [-0.39, 0.29) is 6.17 Å². The molecule has 7 heteroatoms. The van der Waals surface area contributed by atoms with Crippen molar-refractivity contribution >= 4 is 8.80 Å². The van der Waals surface area contributed by atoms with Crippen LogP contribution in [-0.2, 0) is 13.3 Å². The predicted molar refractivity (Wildman–Crippen MR) is 61.0 cm³/mol. The van der Waals surface area contributed by atoms with Gasteiger partial charge in [-0.3, -0.25) is 0 Å². The van der Waals surface area contributed by atoms with Gasteiger partial charge in [0, 0.05) is 26.9 Å². The van der Waals surface area contributed by atoms with E-state index in [0.29, 0.717) is 19.6 Å². The van der Waals surface area contributed by atoms with Crippen LogP contribution in [0.2, 0.25) is 6.04 Å². The van der Waals surface area contributed by atoms with Gasteiger partial charge in [-0.1, -0.05) is 0 Å². The lowest BCUT2D eigenvalue weighted by Gasteiger charge is -2.26. The van der Waals surface area contributed by atoms with E-state index in [1.54, 1.807) is 14.2 Å². The summed E-state index contributed by atoms with van der Waals surface area (Å²) < 4.78 is 16.3. The van der Waals surface area contributed by atoms with Crippen LogP contribution >= 0.6 is 0 Å². The number of rotatable bonds is 9. The maximum atomic E-state index is 5.62. The summed E-state index contributed by atoms with van der Waals surface area (Å²) in [5.74, 6) is 0. The molecule has 0 bridgehead atoms. The maximum absolute atomic E-state index is 5.62. The molecular weight excluding hydrogens is 214 g/mol. The monoisotopic (exact) mass is 237 g/mol. The highest BCUT2D eigenvalue weighted by Crippen LogP contribution is 2.15. The average molecular weight is 237 g/mol. The third-order valence-electron chi connectivity index (χ3n) is 2.08. The zero-order valence-electron chi connectivity index (χ0n) is 9.57. The van der Waals surface area contributed by atoms with Gasteiger partial charge in [0.05, 0.1) is 6.17 Å². The van der Waals surface area contributed by atoms with E-state index in [4.69, 9.17) is 30.5 Å². The molecule has 6 nitrogen and oxygen atoms in total. The molecule has 0 aromatic heterocycles. The van der Waals surface area contributed by atoms with Gasteiger partial charge in [0.1, 0.15) is 0 Å². The van der Waals surface area contributed by atoms with Gasteiger partial charge >= 0.3 is 8.80 Å². The van der Waals surface area contributed by atoms with Gasteiger partial charge < -0.3 is 30.5 Å². The van der Waals surface area contributed by atoms with Crippen LogP contribution in [0.3, 0.4) is 0 Å². The van der Waals surface area contributed by atoms with E-state index in [1.807, 2.05) is 0 Å². The van der Waals surface area contributed by atoms with Crippen molar-refractivity contribution in [2.45, 2.75) is 25.1 Å². The molecule has 0 spiro atoms. The van der Waals surface area contributed by atoms with E-state index < -0.39 is 8.80 Å². The van der Waals surface area contributed by atoms with Crippen molar-refractivity contribution < 1.29 is 13.3 Å². The molecule has 0 radical (unpaired) electrons. The molecule has 0 heterocycles. The Morgan fingerprint density at radius 2 is 1.80 bits per heavy atom. The zero-order chi connectivity index (χ0) is 11.7. The Hall–Kier alpha value is -0.0231. The van der Waals surface area contributed by atoms with Crippen LogP contribution < -0.4 is 17.2 Å². The Morgan fingerprint density at radius 3 is 2.20 bits per heavy atom. The van der Waals surface area contributed by atoms with Crippen LogP contribution in [0.4, 0.5) is 0 Å². The fourth-order valence-electron chi connectivity index (χ4n) is 1.15. The topological polar surface area (TPSA) is 106 Å². The second-order valence-corrected chi connectivity index (χ2v) is 6.26. The Balaban J connectivity index is 3.99. The minimum Gasteiger partial charge on any atom is -0.377 e. The van der Waals surface area contributed by atoms with Gasteiger partial charge in [-0.15, -0.1) is 0 Å². The second-order valence-electron chi connectivity index (χ2n) is 3.28. The van der Waals surface area contributed by atoms with E-state index >= 15 is 0 Å². The van der Waals surface area contributed by atoms with Crippen molar-refractivity contribution in [1.82, 2.24) is 0 Å². The van der Waals surface area contributed by atoms with Crippen LogP contribution in [0.1, 0.15) is 12.8 Å². The number of hydrogen-bond acceptors (Lipinski definition) is 6. The summed E-state index contributed by atoms with van der Waals surface area (Å²) in [5.41, 5.74) is 16.3. The molecule has 15 heavy (non-hydrogen) atoms. The molecule has 92 valence electrons. The van der Waals surface area contributed by atoms with Gasteiger partial charge in [0.25, 0.3) is 0 Å². The van der Waals surface area contributed by atoms with Crippen molar-refractivity contribution in [2.24, 2.45) is 17.2 Å². The van der Waals surface area contributed by atoms with Gasteiger partial charge in [-0.2, -0.15) is 0 Å². The van der Waals surface area contributed by atoms with Crippen LogP contribution in [-0.4, -0.2) is 42.3 Å². The van der Waals surface area contributed by atoms with Crippen LogP contribution in [0.5, 0.6) is 0 Å². The summed E-state index contributed by atoms with van der Waals surface area (Å²) in [6, 6.07) is 0.719. The van der Waals surface area contributed by atoms with Gasteiger partial charge in [-0.25, -0.2) is 0 Å². The Labute approximate surface area is 92.4 Å². The summed E-state index contributed by atoms with van der Waals surface area (Å²) >= 11 is 0. The van der Waals surface area contributed by atoms with E-state index in [1.165, 1.54) is 0 Å². The molecule has 6 N–H and O–H groups in total. The molecule has 0 saturated heterocycles. The summed E-state index contributed by atoms with van der Waals surface area (Å²) in [6.07, 6.45) is 1.05. The van der Waals surface area contributed by atoms with Crippen molar-refractivity contribution in [2.75, 3.05) is 27.4 Å². The van der Waals surface area contributed by atoms with E-state index in [2.05, 4.69) is 0 Å². The van der Waals surface area contributed by atoms with Crippen LogP contribution in [0.15, 0.2) is 0 Å². The molecule has 0 aromatic rings. The average Bonchev–Trinajstić information content (AvgIpc) is 2.23. The maximum Gasteiger partial charge on any atom is 0.500 e. The molecule has 0 rings (SSSR count). The highest BCUT2D eigenvalue weighted by molar-refractivity contribution is 6.60. The molecule has 0 unspecified atom stereocenters. The minimum absolute atomic E-state index is 0.361. The first-order valence-electron chi connectivity index (χ1n) is 5.05. The Bertz CT molecular complexity index is 156. The predicted octanol–water partition coefficient (Wildman–Crippen LogP) is -0.783. The quantitative estimate of drug-likeness (QED) is 0.359. The highest BCUT2D eigenvalue weighted by Gasteiger charge is 2.38. The number of hydrogen-bond donors (Lipinski definition) is 3. The first-order chi connectivity index (χ1) is 7.10. The molecule has 0 atom stereocenters. The summed E-state index contributed by atoms with van der Waals surface area (Å²) in [4.78, 5) is 0. The molecule has 0 aliphatic rings. The van der Waals surface area contributed by atoms with Gasteiger partial charge in [0.15, 0.2) is 0 Å². The van der Waals surface area contributed by atoms with Crippen molar-refractivity contribution in [3.63, 3.8) is 0 Å². The lowest BCUT2D eigenvalue weighted by atomic mass is 10.4. The SMILES string of the molecule is CO[Si](CCCN)(OC)OCCC(N)N. The normalized spacial score (nSPS) is 12.4. The zero-order valence-corrected chi connectivity index (χ0v) is 10.6. The fourth-order valence-corrected chi connectivity index (χ4v) is 3.17. The molecular formula is C8H23N3O3Si. The van der Waals surface area contributed by atoms with Crippen LogP contribution in [0, 0.1) is 0 Å². The summed E-state index contributed by atoms with van der Waals surface area (Å²) in [6.45, 7) is 1.05. The van der Waals surface area contributed by atoms with Gasteiger partial charge in [-0.05, 0) is 19.4 Å².